The molecule has 2 N–H and O–H groups in total. The molecule has 17 heavy (non-hydrogen) atoms. The van der Waals surface area contributed by atoms with E-state index in [1.54, 1.807) is 23.0 Å². The van der Waals surface area contributed by atoms with Crippen LogP contribution in [-0.4, -0.2) is 37.8 Å². The topological polar surface area (TPSA) is 79.5 Å². The standard InChI is InChI=1S/C11H12N4O2/c16-7-11(2-3-11)14-10(17)8-6-13-15-5-1-4-12-9(8)15/h1,4-6,16H,2-3,7H2,(H,14,17). The highest BCUT2D eigenvalue weighted by atomic mass is 16.3. The molecule has 1 saturated carbocycles. The zero-order chi connectivity index (χ0) is 11.9. The molecule has 0 atom stereocenters. The minimum Gasteiger partial charge on any atom is -0.394 e. The van der Waals surface area contributed by atoms with Crippen molar-refractivity contribution in [3.63, 3.8) is 0 Å². The molecule has 1 fully saturated rings. The molecular formula is C11H12N4O2. The summed E-state index contributed by atoms with van der Waals surface area (Å²) in [4.78, 5) is 16.1. The quantitative estimate of drug-likeness (QED) is 0.779. The molecule has 0 unspecified atom stereocenters. The molecule has 1 aliphatic carbocycles. The van der Waals surface area contributed by atoms with Crippen LogP contribution in [0.5, 0.6) is 0 Å². The van der Waals surface area contributed by atoms with Crippen LogP contribution in [0, 0.1) is 0 Å². The van der Waals surface area contributed by atoms with Crippen LogP contribution in [0.15, 0.2) is 24.7 Å². The zero-order valence-corrected chi connectivity index (χ0v) is 9.13. The third-order valence-corrected chi connectivity index (χ3v) is 3.06. The summed E-state index contributed by atoms with van der Waals surface area (Å²) in [6.45, 7) is -0.0224. The number of amides is 1. The molecule has 2 aromatic heterocycles. The first-order valence-electron chi connectivity index (χ1n) is 5.46. The molecule has 1 amide bonds. The molecule has 0 radical (unpaired) electrons. The van der Waals surface area contributed by atoms with E-state index in [0.29, 0.717) is 11.2 Å². The SMILES string of the molecule is O=C(NC1(CO)CC1)c1cnn2cccnc12. The first-order chi connectivity index (χ1) is 8.24. The predicted molar refractivity (Wildman–Crippen MR) is 59.5 cm³/mol. The second kappa shape index (κ2) is 3.53. The number of rotatable bonds is 3. The summed E-state index contributed by atoms with van der Waals surface area (Å²) in [7, 11) is 0. The number of carbonyl (C=O) groups is 1. The summed E-state index contributed by atoms with van der Waals surface area (Å²) in [6, 6.07) is 1.75. The Morgan fingerprint density at radius 2 is 2.41 bits per heavy atom. The van der Waals surface area contributed by atoms with Crippen molar-refractivity contribution in [2.45, 2.75) is 18.4 Å². The van der Waals surface area contributed by atoms with Gasteiger partial charge in [-0.05, 0) is 18.9 Å². The van der Waals surface area contributed by atoms with Gasteiger partial charge in [0.1, 0.15) is 5.56 Å². The molecule has 2 aromatic rings. The fourth-order valence-electron chi connectivity index (χ4n) is 1.77. The molecule has 6 heteroatoms. The van der Waals surface area contributed by atoms with Crippen molar-refractivity contribution in [3.8, 4) is 0 Å². The lowest BCUT2D eigenvalue weighted by Gasteiger charge is -2.13. The van der Waals surface area contributed by atoms with Gasteiger partial charge in [0.15, 0.2) is 5.65 Å². The molecule has 6 nitrogen and oxygen atoms in total. The number of hydrogen-bond donors (Lipinski definition) is 2. The Hall–Kier alpha value is -1.95. The van der Waals surface area contributed by atoms with Gasteiger partial charge in [-0.3, -0.25) is 4.79 Å². The average molecular weight is 232 g/mol. The Balaban J connectivity index is 1.91. The molecule has 88 valence electrons. The van der Waals surface area contributed by atoms with Crippen molar-refractivity contribution in [2.24, 2.45) is 0 Å². The lowest BCUT2D eigenvalue weighted by Crippen LogP contribution is -2.39. The van der Waals surface area contributed by atoms with Gasteiger partial charge in [-0.2, -0.15) is 5.10 Å². The van der Waals surface area contributed by atoms with Crippen LogP contribution in [0.1, 0.15) is 23.2 Å². The van der Waals surface area contributed by atoms with Gasteiger partial charge in [0.2, 0.25) is 0 Å². The Labute approximate surface area is 97.3 Å². The monoisotopic (exact) mass is 232 g/mol. The molecule has 0 spiro atoms. The zero-order valence-electron chi connectivity index (χ0n) is 9.13. The van der Waals surface area contributed by atoms with Gasteiger partial charge in [-0.1, -0.05) is 0 Å². The van der Waals surface area contributed by atoms with Crippen LogP contribution in [0.25, 0.3) is 5.65 Å². The van der Waals surface area contributed by atoms with E-state index in [1.807, 2.05) is 0 Å². The minimum atomic E-state index is -0.417. The predicted octanol–water partition coefficient (Wildman–Crippen LogP) is -0.0160. The van der Waals surface area contributed by atoms with Gasteiger partial charge in [0, 0.05) is 12.4 Å². The first-order valence-corrected chi connectivity index (χ1v) is 5.46. The number of nitrogens with zero attached hydrogens (tertiary/aromatic N) is 3. The van der Waals surface area contributed by atoms with Gasteiger partial charge in [-0.15, -0.1) is 0 Å². The smallest absolute Gasteiger partial charge is 0.257 e. The summed E-state index contributed by atoms with van der Waals surface area (Å²) in [5, 5.41) is 16.0. The van der Waals surface area contributed by atoms with Gasteiger partial charge >= 0.3 is 0 Å². The van der Waals surface area contributed by atoms with E-state index in [4.69, 9.17) is 5.11 Å². The van der Waals surface area contributed by atoms with E-state index in [0.717, 1.165) is 12.8 Å². The highest BCUT2D eigenvalue weighted by Gasteiger charge is 2.43. The van der Waals surface area contributed by atoms with Gasteiger partial charge in [0.05, 0.1) is 18.3 Å². The number of aromatic nitrogens is 3. The van der Waals surface area contributed by atoms with Crippen LogP contribution in [0.2, 0.25) is 0 Å². The third kappa shape index (κ3) is 1.66. The van der Waals surface area contributed by atoms with Crippen molar-refractivity contribution < 1.29 is 9.90 Å². The highest BCUT2D eigenvalue weighted by Crippen LogP contribution is 2.34. The molecule has 0 bridgehead atoms. The molecule has 0 saturated heterocycles. The Morgan fingerprint density at radius 1 is 1.59 bits per heavy atom. The number of carbonyl (C=O) groups excluding carboxylic acids is 1. The van der Waals surface area contributed by atoms with Crippen LogP contribution >= 0.6 is 0 Å². The number of fused-ring (bicyclic) bond motifs is 1. The summed E-state index contributed by atoms with van der Waals surface area (Å²) in [5.74, 6) is -0.231. The van der Waals surface area contributed by atoms with E-state index in [1.165, 1.54) is 6.20 Å². The largest absolute Gasteiger partial charge is 0.394 e. The maximum atomic E-state index is 12.0. The third-order valence-electron chi connectivity index (χ3n) is 3.06. The minimum absolute atomic E-state index is 0.0224. The summed E-state index contributed by atoms with van der Waals surface area (Å²) in [6.07, 6.45) is 6.49. The van der Waals surface area contributed by atoms with Crippen LogP contribution < -0.4 is 5.32 Å². The lowest BCUT2D eigenvalue weighted by molar-refractivity contribution is 0.0908. The van der Waals surface area contributed by atoms with Crippen molar-refractivity contribution in [3.05, 3.63) is 30.2 Å². The molecule has 0 aliphatic heterocycles. The molecule has 1 aliphatic rings. The van der Waals surface area contributed by atoms with Gasteiger partial charge in [-0.25, -0.2) is 9.50 Å². The van der Waals surface area contributed by atoms with E-state index in [-0.39, 0.29) is 12.5 Å². The number of aliphatic hydroxyl groups excluding tert-OH is 1. The van der Waals surface area contributed by atoms with Gasteiger partial charge < -0.3 is 10.4 Å². The van der Waals surface area contributed by atoms with Crippen LogP contribution in [0.3, 0.4) is 0 Å². The maximum absolute atomic E-state index is 12.0. The maximum Gasteiger partial charge on any atom is 0.257 e. The second-order valence-corrected chi connectivity index (χ2v) is 4.34. The van der Waals surface area contributed by atoms with Crippen LogP contribution in [0.4, 0.5) is 0 Å². The summed E-state index contributed by atoms with van der Waals surface area (Å²) < 4.78 is 1.55. The number of hydrogen-bond acceptors (Lipinski definition) is 4. The Morgan fingerprint density at radius 3 is 3.12 bits per heavy atom. The van der Waals surface area contributed by atoms with Crippen LogP contribution in [-0.2, 0) is 0 Å². The van der Waals surface area contributed by atoms with E-state index >= 15 is 0 Å². The van der Waals surface area contributed by atoms with Crippen molar-refractivity contribution in [1.82, 2.24) is 19.9 Å². The Kier molecular flexibility index (Phi) is 2.12. The normalized spacial score (nSPS) is 17.0. The number of aliphatic hydroxyl groups is 1. The average Bonchev–Trinajstić information content (AvgIpc) is 2.99. The van der Waals surface area contributed by atoms with E-state index in [9.17, 15) is 4.79 Å². The van der Waals surface area contributed by atoms with E-state index in [2.05, 4.69) is 15.4 Å². The Bertz CT molecular complexity index is 574. The molecular weight excluding hydrogens is 220 g/mol. The summed E-state index contributed by atoms with van der Waals surface area (Å²) in [5.41, 5.74) is 0.546. The van der Waals surface area contributed by atoms with Crippen molar-refractivity contribution in [2.75, 3.05) is 6.61 Å². The van der Waals surface area contributed by atoms with Gasteiger partial charge in [0.25, 0.3) is 5.91 Å². The first kappa shape index (κ1) is 10.2. The molecule has 3 rings (SSSR count). The highest BCUT2D eigenvalue weighted by molar-refractivity contribution is 6.00. The number of nitrogens with one attached hydrogen (secondary N) is 1. The lowest BCUT2D eigenvalue weighted by atomic mass is 10.2. The second-order valence-electron chi connectivity index (χ2n) is 4.34. The molecule has 0 aromatic carbocycles. The van der Waals surface area contributed by atoms with E-state index < -0.39 is 5.54 Å². The molecule has 2 heterocycles. The van der Waals surface area contributed by atoms with Crippen molar-refractivity contribution in [1.29, 1.82) is 0 Å². The fourth-order valence-corrected chi connectivity index (χ4v) is 1.77. The van der Waals surface area contributed by atoms with Crippen molar-refractivity contribution >= 4 is 11.6 Å². The summed E-state index contributed by atoms with van der Waals surface area (Å²) >= 11 is 0. The fraction of sp³-hybridized carbons (Fsp3) is 0.364.